The van der Waals surface area contributed by atoms with Crippen molar-refractivity contribution < 1.29 is 17.7 Å². The van der Waals surface area contributed by atoms with Crippen molar-refractivity contribution in [3.63, 3.8) is 0 Å². The lowest BCUT2D eigenvalue weighted by molar-refractivity contribution is -0.387. The zero-order valence-electron chi connectivity index (χ0n) is 11.4. The van der Waals surface area contributed by atoms with E-state index in [1.54, 1.807) is 24.3 Å². The van der Waals surface area contributed by atoms with Gasteiger partial charge in [0.2, 0.25) is 5.82 Å². The molecule has 0 fully saturated rings. The topological polar surface area (TPSA) is 89.3 Å². The Morgan fingerprint density at radius 1 is 1.17 bits per heavy atom. The molecule has 0 bridgehead atoms. The van der Waals surface area contributed by atoms with Gasteiger partial charge in [-0.3, -0.25) is 14.8 Å². The van der Waals surface area contributed by atoms with Crippen molar-refractivity contribution in [2.75, 3.05) is 4.72 Å². The molecule has 0 unspecified atom stereocenters. The first-order chi connectivity index (χ1) is 10.8. The molecular weight excluding hydrogens is 347 g/mol. The van der Waals surface area contributed by atoms with E-state index in [0.717, 1.165) is 23.6 Å². The van der Waals surface area contributed by atoms with E-state index in [-0.39, 0.29) is 5.69 Å². The molecule has 0 radical (unpaired) electrons. The summed E-state index contributed by atoms with van der Waals surface area (Å²) < 4.78 is 39.2. The zero-order chi connectivity index (χ0) is 17.0. The maximum atomic E-state index is 13.2. The van der Waals surface area contributed by atoms with Crippen molar-refractivity contribution >= 4 is 39.1 Å². The number of nitro benzene ring substituents is 1. The van der Waals surface area contributed by atoms with Crippen LogP contribution in [0.1, 0.15) is 5.56 Å². The number of sulfonamides is 1. The first-order valence-electron chi connectivity index (χ1n) is 6.17. The van der Waals surface area contributed by atoms with Gasteiger partial charge in [-0.1, -0.05) is 23.7 Å². The van der Waals surface area contributed by atoms with Gasteiger partial charge in [0, 0.05) is 11.1 Å². The van der Waals surface area contributed by atoms with E-state index in [1.807, 2.05) is 0 Å². The molecule has 2 aromatic rings. The van der Waals surface area contributed by atoms with Gasteiger partial charge in [0.1, 0.15) is 0 Å². The van der Waals surface area contributed by atoms with Crippen LogP contribution >= 0.6 is 11.6 Å². The molecule has 0 aliphatic rings. The lowest BCUT2D eigenvalue weighted by Gasteiger charge is -2.04. The number of nitrogens with zero attached hydrogens (tertiary/aromatic N) is 1. The second kappa shape index (κ2) is 6.76. The fourth-order valence-corrected chi connectivity index (χ4v) is 2.64. The lowest BCUT2D eigenvalue weighted by Crippen LogP contribution is -2.09. The Morgan fingerprint density at radius 3 is 2.43 bits per heavy atom. The maximum Gasteiger partial charge on any atom is 0.306 e. The molecule has 0 saturated carbocycles. The summed E-state index contributed by atoms with van der Waals surface area (Å²) in [5.41, 5.74) is -0.324. The van der Waals surface area contributed by atoms with E-state index in [9.17, 15) is 22.9 Å². The van der Waals surface area contributed by atoms with Crippen LogP contribution in [0.5, 0.6) is 0 Å². The summed E-state index contributed by atoms with van der Waals surface area (Å²) in [6, 6.07) is 9.17. The standard InChI is InChI=1S/C14H10ClFN2O4S/c15-11-3-1-10(2-4-11)7-8-23(21,22)17-12-5-6-13(16)14(9-12)18(19)20/h1-9,17H/b8-7+. The molecule has 0 amide bonds. The normalized spacial score (nSPS) is 11.6. The monoisotopic (exact) mass is 356 g/mol. The van der Waals surface area contributed by atoms with Crippen molar-refractivity contribution in [2.24, 2.45) is 0 Å². The fourth-order valence-electron chi connectivity index (χ4n) is 1.66. The number of anilines is 1. The van der Waals surface area contributed by atoms with Crippen LogP contribution in [0, 0.1) is 15.9 Å². The van der Waals surface area contributed by atoms with Crippen molar-refractivity contribution in [2.45, 2.75) is 0 Å². The Labute approximate surface area is 136 Å². The number of nitro groups is 1. The largest absolute Gasteiger partial charge is 0.306 e. The average molecular weight is 357 g/mol. The Morgan fingerprint density at radius 2 is 1.83 bits per heavy atom. The molecule has 9 heteroatoms. The predicted molar refractivity (Wildman–Crippen MR) is 86.1 cm³/mol. The molecule has 23 heavy (non-hydrogen) atoms. The van der Waals surface area contributed by atoms with Gasteiger partial charge < -0.3 is 0 Å². The van der Waals surface area contributed by atoms with E-state index in [4.69, 9.17) is 11.6 Å². The van der Waals surface area contributed by atoms with Crippen LogP contribution in [0.25, 0.3) is 6.08 Å². The highest BCUT2D eigenvalue weighted by Crippen LogP contribution is 2.22. The molecule has 120 valence electrons. The third kappa shape index (κ3) is 4.76. The molecule has 0 heterocycles. The number of hydrogen-bond acceptors (Lipinski definition) is 4. The summed E-state index contributed by atoms with van der Waals surface area (Å²) in [5, 5.41) is 12.1. The average Bonchev–Trinajstić information content (AvgIpc) is 2.48. The summed E-state index contributed by atoms with van der Waals surface area (Å²) in [6.45, 7) is 0. The molecule has 6 nitrogen and oxygen atoms in total. The summed E-state index contributed by atoms with van der Waals surface area (Å²) in [4.78, 5) is 9.71. The molecule has 0 atom stereocenters. The van der Waals surface area contributed by atoms with Crippen LogP contribution in [-0.2, 0) is 10.0 Å². The minimum Gasteiger partial charge on any atom is -0.280 e. The molecule has 0 spiro atoms. The van der Waals surface area contributed by atoms with E-state index in [0.29, 0.717) is 10.6 Å². The Balaban J connectivity index is 2.19. The van der Waals surface area contributed by atoms with Crippen LogP contribution in [-0.4, -0.2) is 13.3 Å². The van der Waals surface area contributed by atoms with Gasteiger partial charge in [-0.05, 0) is 35.9 Å². The number of nitrogens with one attached hydrogen (secondary N) is 1. The lowest BCUT2D eigenvalue weighted by atomic mass is 10.2. The first kappa shape index (κ1) is 16.9. The van der Waals surface area contributed by atoms with E-state index in [1.165, 1.54) is 6.08 Å². The van der Waals surface area contributed by atoms with E-state index in [2.05, 4.69) is 4.72 Å². The Bertz CT molecular complexity index is 867. The Kier molecular flexibility index (Phi) is 4.97. The van der Waals surface area contributed by atoms with Gasteiger partial charge >= 0.3 is 5.69 Å². The van der Waals surface area contributed by atoms with Gasteiger partial charge in [0.15, 0.2) is 0 Å². The predicted octanol–water partition coefficient (Wildman–Crippen LogP) is 3.80. The van der Waals surface area contributed by atoms with Gasteiger partial charge in [0.05, 0.1) is 16.0 Å². The second-order valence-corrected chi connectivity index (χ2v) is 6.43. The minimum absolute atomic E-state index is 0.112. The van der Waals surface area contributed by atoms with E-state index >= 15 is 0 Å². The third-order valence-electron chi connectivity index (χ3n) is 2.71. The van der Waals surface area contributed by atoms with Gasteiger partial charge in [-0.25, -0.2) is 8.42 Å². The Hall–Kier alpha value is -2.45. The second-order valence-electron chi connectivity index (χ2n) is 4.42. The highest BCUT2D eigenvalue weighted by Gasteiger charge is 2.16. The molecule has 0 aromatic heterocycles. The molecule has 2 rings (SSSR count). The SMILES string of the molecule is O=[N+]([O-])c1cc(NS(=O)(=O)/C=C/c2ccc(Cl)cc2)ccc1F. The third-order valence-corrected chi connectivity index (χ3v) is 3.98. The summed E-state index contributed by atoms with van der Waals surface area (Å²) >= 11 is 5.72. The number of hydrogen-bond donors (Lipinski definition) is 1. The maximum absolute atomic E-state index is 13.2. The van der Waals surface area contributed by atoms with E-state index < -0.39 is 26.5 Å². The van der Waals surface area contributed by atoms with Crippen molar-refractivity contribution in [1.82, 2.24) is 0 Å². The van der Waals surface area contributed by atoms with Crippen LogP contribution in [0.2, 0.25) is 5.02 Å². The van der Waals surface area contributed by atoms with Gasteiger partial charge in [-0.15, -0.1) is 0 Å². The molecule has 2 aromatic carbocycles. The zero-order valence-corrected chi connectivity index (χ0v) is 13.0. The molecule has 1 N–H and O–H groups in total. The first-order valence-corrected chi connectivity index (χ1v) is 8.10. The smallest absolute Gasteiger partial charge is 0.280 e. The number of rotatable bonds is 5. The quantitative estimate of drug-likeness (QED) is 0.651. The highest BCUT2D eigenvalue weighted by atomic mass is 35.5. The molecular formula is C14H10ClFN2O4S. The highest BCUT2D eigenvalue weighted by molar-refractivity contribution is 7.95. The number of halogens is 2. The summed E-state index contributed by atoms with van der Waals surface area (Å²) in [5.74, 6) is -1.05. The summed E-state index contributed by atoms with van der Waals surface area (Å²) in [7, 11) is -3.91. The van der Waals surface area contributed by atoms with Crippen LogP contribution in [0.3, 0.4) is 0 Å². The van der Waals surface area contributed by atoms with Crippen LogP contribution < -0.4 is 4.72 Å². The van der Waals surface area contributed by atoms with Crippen LogP contribution in [0.15, 0.2) is 47.9 Å². The van der Waals surface area contributed by atoms with Crippen molar-refractivity contribution in [1.29, 1.82) is 0 Å². The van der Waals surface area contributed by atoms with Gasteiger partial charge in [-0.2, -0.15) is 4.39 Å². The molecule has 0 aliphatic heterocycles. The minimum atomic E-state index is -3.91. The molecule has 0 saturated heterocycles. The van der Waals surface area contributed by atoms with Crippen molar-refractivity contribution in [3.05, 3.63) is 74.4 Å². The molecule has 0 aliphatic carbocycles. The van der Waals surface area contributed by atoms with Crippen molar-refractivity contribution in [3.8, 4) is 0 Å². The van der Waals surface area contributed by atoms with Gasteiger partial charge in [0.25, 0.3) is 10.0 Å². The number of benzene rings is 2. The fraction of sp³-hybridized carbons (Fsp3) is 0. The summed E-state index contributed by atoms with van der Waals surface area (Å²) in [6.07, 6.45) is 1.33. The van der Waals surface area contributed by atoms with Crippen LogP contribution in [0.4, 0.5) is 15.8 Å².